The molecule has 1 aromatic heterocycles. The van der Waals surface area contributed by atoms with Crippen LogP contribution in [-0.4, -0.2) is 70.9 Å². The fraction of sp³-hybridized carbons (Fsp3) is 0.536. The number of aromatic nitrogens is 1. The fourth-order valence-electron chi connectivity index (χ4n) is 6.30. The normalized spacial score (nSPS) is 26.9. The van der Waals surface area contributed by atoms with Gasteiger partial charge < -0.3 is 15.1 Å². The lowest BCUT2D eigenvalue weighted by Crippen LogP contribution is -2.56. The number of rotatable bonds is 7. The number of amides is 3. The van der Waals surface area contributed by atoms with Crippen LogP contribution in [0.1, 0.15) is 50.5 Å². The maximum atomic E-state index is 13.7. The number of pyridine rings is 1. The van der Waals surface area contributed by atoms with Gasteiger partial charge in [-0.3, -0.25) is 9.69 Å². The van der Waals surface area contributed by atoms with Crippen LogP contribution in [0.5, 0.6) is 0 Å². The summed E-state index contributed by atoms with van der Waals surface area (Å²) >= 11 is 0. The van der Waals surface area contributed by atoms with E-state index in [1.165, 1.54) is 24.8 Å². The number of nitrogens with one attached hydrogen (secondary N) is 1. The highest BCUT2D eigenvalue weighted by Crippen LogP contribution is 2.49. The molecule has 1 aliphatic heterocycles. The Labute approximate surface area is 208 Å². The molecule has 0 bridgehead atoms. The largest absolute Gasteiger partial charge is 0.321 e. The second-order valence-electron chi connectivity index (χ2n) is 10.8. The molecule has 2 saturated carbocycles. The molecule has 2 aliphatic carbocycles. The van der Waals surface area contributed by atoms with Crippen LogP contribution in [0, 0.1) is 5.92 Å². The van der Waals surface area contributed by atoms with Gasteiger partial charge in [0.05, 0.1) is 5.54 Å². The zero-order valence-electron chi connectivity index (χ0n) is 20.9. The van der Waals surface area contributed by atoms with Gasteiger partial charge in [-0.15, -0.1) is 0 Å². The quantitative estimate of drug-likeness (QED) is 0.647. The maximum absolute atomic E-state index is 13.7. The summed E-state index contributed by atoms with van der Waals surface area (Å²) in [6.07, 6.45) is 9.18. The monoisotopic (exact) mass is 475 g/mol. The van der Waals surface area contributed by atoms with Crippen molar-refractivity contribution in [3.05, 3.63) is 60.3 Å². The third-order valence-corrected chi connectivity index (χ3v) is 8.67. The van der Waals surface area contributed by atoms with E-state index in [0.29, 0.717) is 18.3 Å². The molecule has 1 spiro atoms. The van der Waals surface area contributed by atoms with Crippen molar-refractivity contribution >= 4 is 17.8 Å². The van der Waals surface area contributed by atoms with Gasteiger partial charge in [-0.2, -0.15) is 0 Å². The Morgan fingerprint density at radius 2 is 1.77 bits per heavy atom. The number of urea groups is 1. The van der Waals surface area contributed by atoms with Crippen LogP contribution in [0.4, 0.5) is 10.6 Å². The summed E-state index contributed by atoms with van der Waals surface area (Å²) in [5, 5.41) is 2.84. The Morgan fingerprint density at radius 3 is 2.37 bits per heavy atom. The van der Waals surface area contributed by atoms with Gasteiger partial charge in [0.2, 0.25) is 5.91 Å². The molecule has 1 saturated heterocycles. The van der Waals surface area contributed by atoms with E-state index < -0.39 is 0 Å². The smallest absolute Gasteiger partial charge is 0.317 e. The van der Waals surface area contributed by atoms with Crippen LogP contribution in [0.3, 0.4) is 0 Å². The van der Waals surface area contributed by atoms with Gasteiger partial charge in [0.25, 0.3) is 0 Å². The summed E-state index contributed by atoms with van der Waals surface area (Å²) < 4.78 is 0. The Bertz CT molecular complexity index is 1030. The van der Waals surface area contributed by atoms with Gasteiger partial charge in [0.15, 0.2) is 0 Å². The first-order valence-corrected chi connectivity index (χ1v) is 12.9. The third kappa shape index (κ3) is 4.54. The highest BCUT2D eigenvalue weighted by Gasteiger charge is 2.55. The molecule has 186 valence electrons. The van der Waals surface area contributed by atoms with Crippen LogP contribution in [0.15, 0.2) is 54.7 Å². The maximum Gasteiger partial charge on any atom is 0.321 e. The zero-order chi connectivity index (χ0) is 24.5. The molecule has 3 amide bonds. The summed E-state index contributed by atoms with van der Waals surface area (Å²) in [5.74, 6) is 0.912. The number of anilines is 1. The molecule has 0 radical (unpaired) electrons. The topological polar surface area (TPSA) is 68.8 Å². The molecule has 3 aliphatic rings. The summed E-state index contributed by atoms with van der Waals surface area (Å²) in [7, 11) is 4.34. The Kier molecular flexibility index (Phi) is 6.53. The van der Waals surface area contributed by atoms with Crippen LogP contribution in [0.25, 0.3) is 0 Å². The standard InChI is InChI=1S/C28H37N5O2/c1-31(2)28(23-11-4-3-5-12-23)16-14-27(15-17-28)21-32(26(35)33(27)19-22-9-8-10-22)20-25(34)30-24-13-6-7-18-29-24/h3-7,11-13,18,22H,8-10,14-17,19-21H2,1-2H3,(H,29,30,34). The molecule has 7 heteroatoms. The number of carbonyl (C=O) groups excluding carboxylic acids is 2. The second kappa shape index (κ2) is 9.61. The molecule has 2 heterocycles. The lowest BCUT2D eigenvalue weighted by molar-refractivity contribution is -0.116. The van der Waals surface area contributed by atoms with Crippen molar-refractivity contribution in [2.24, 2.45) is 5.92 Å². The van der Waals surface area contributed by atoms with Crippen molar-refractivity contribution in [2.45, 2.75) is 56.0 Å². The van der Waals surface area contributed by atoms with Crippen molar-refractivity contribution in [3.63, 3.8) is 0 Å². The van der Waals surface area contributed by atoms with E-state index in [1.807, 2.05) is 12.1 Å². The SMILES string of the molecule is CN(C)C1(c2ccccc2)CCC2(CC1)CN(CC(=O)Nc1ccccn1)C(=O)N2CC1CCC1. The average molecular weight is 476 g/mol. The van der Waals surface area contributed by atoms with E-state index in [4.69, 9.17) is 0 Å². The second-order valence-corrected chi connectivity index (χ2v) is 10.8. The predicted octanol–water partition coefficient (Wildman–Crippen LogP) is 4.33. The summed E-state index contributed by atoms with van der Waals surface area (Å²) in [6, 6.07) is 16.2. The van der Waals surface area contributed by atoms with Gasteiger partial charge in [-0.05, 0) is 76.2 Å². The van der Waals surface area contributed by atoms with Crippen LogP contribution < -0.4 is 5.32 Å². The molecular formula is C28H37N5O2. The highest BCUT2D eigenvalue weighted by atomic mass is 16.2. The molecule has 3 fully saturated rings. The van der Waals surface area contributed by atoms with Gasteiger partial charge in [0, 0.05) is 24.8 Å². The minimum absolute atomic E-state index is 0.0186. The van der Waals surface area contributed by atoms with Crippen LogP contribution >= 0.6 is 0 Å². The molecule has 1 N–H and O–H groups in total. The molecule has 0 atom stereocenters. The van der Waals surface area contributed by atoms with E-state index in [1.54, 1.807) is 17.2 Å². The first-order chi connectivity index (χ1) is 16.9. The number of benzene rings is 1. The minimum atomic E-state index is -0.202. The van der Waals surface area contributed by atoms with Gasteiger partial charge in [-0.1, -0.05) is 42.8 Å². The van der Waals surface area contributed by atoms with Gasteiger partial charge >= 0.3 is 6.03 Å². The van der Waals surface area contributed by atoms with Crippen molar-refractivity contribution in [1.82, 2.24) is 19.7 Å². The number of nitrogens with zero attached hydrogens (tertiary/aromatic N) is 4. The van der Waals surface area contributed by atoms with Crippen LogP contribution in [-0.2, 0) is 10.3 Å². The lowest BCUT2D eigenvalue weighted by Gasteiger charge is -2.51. The Hall–Kier alpha value is -2.93. The zero-order valence-corrected chi connectivity index (χ0v) is 20.9. The number of hydrogen-bond donors (Lipinski definition) is 1. The highest BCUT2D eigenvalue weighted by molar-refractivity contribution is 5.94. The van der Waals surface area contributed by atoms with E-state index in [2.05, 4.69) is 64.5 Å². The third-order valence-electron chi connectivity index (χ3n) is 8.67. The first kappa shape index (κ1) is 23.8. The summed E-state index contributed by atoms with van der Waals surface area (Å²) in [6.45, 7) is 1.50. The van der Waals surface area contributed by atoms with Crippen molar-refractivity contribution < 1.29 is 9.59 Å². The van der Waals surface area contributed by atoms with E-state index in [-0.39, 0.29) is 29.6 Å². The molecule has 0 unspecified atom stereocenters. The van der Waals surface area contributed by atoms with Crippen molar-refractivity contribution in [2.75, 3.05) is 39.0 Å². The van der Waals surface area contributed by atoms with Crippen molar-refractivity contribution in [1.29, 1.82) is 0 Å². The average Bonchev–Trinajstić information content (AvgIpc) is 3.08. The van der Waals surface area contributed by atoms with Gasteiger partial charge in [0.1, 0.15) is 12.4 Å². The first-order valence-electron chi connectivity index (χ1n) is 12.9. The van der Waals surface area contributed by atoms with E-state index >= 15 is 0 Å². The molecule has 7 nitrogen and oxygen atoms in total. The van der Waals surface area contributed by atoms with E-state index in [0.717, 1.165) is 32.2 Å². The molecule has 2 aromatic rings. The molecule has 5 rings (SSSR count). The molecule has 35 heavy (non-hydrogen) atoms. The number of hydrogen-bond acceptors (Lipinski definition) is 4. The minimum Gasteiger partial charge on any atom is -0.317 e. The van der Waals surface area contributed by atoms with E-state index in [9.17, 15) is 9.59 Å². The fourth-order valence-corrected chi connectivity index (χ4v) is 6.30. The summed E-state index contributed by atoms with van der Waals surface area (Å²) in [4.78, 5) is 36.9. The van der Waals surface area contributed by atoms with Gasteiger partial charge in [-0.25, -0.2) is 9.78 Å². The lowest BCUT2D eigenvalue weighted by atomic mass is 9.68. The Morgan fingerprint density at radius 1 is 1.06 bits per heavy atom. The predicted molar refractivity (Wildman–Crippen MR) is 137 cm³/mol. The molecular weight excluding hydrogens is 438 g/mol. The van der Waals surface area contributed by atoms with Crippen LogP contribution in [0.2, 0.25) is 0 Å². The number of carbonyl (C=O) groups is 2. The Balaban J connectivity index is 1.34. The summed E-state index contributed by atoms with van der Waals surface area (Å²) in [5.41, 5.74) is 1.12. The molecule has 1 aromatic carbocycles. The van der Waals surface area contributed by atoms with Crippen molar-refractivity contribution in [3.8, 4) is 0 Å².